The number of aromatic nitrogens is 1. The molecule has 1 aliphatic rings. The molecular formula is C10H9NO2S. The van der Waals surface area contributed by atoms with Gasteiger partial charge in [0.05, 0.1) is 10.2 Å². The van der Waals surface area contributed by atoms with Crippen LogP contribution in [0.25, 0.3) is 10.2 Å². The monoisotopic (exact) mass is 207 g/mol. The molecule has 2 aromatic rings. The Morgan fingerprint density at radius 3 is 2.86 bits per heavy atom. The number of carboxylic acids is 1. The van der Waals surface area contributed by atoms with Crippen molar-refractivity contribution in [3.8, 4) is 0 Å². The summed E-state index contributed by atoms with van der Waals surface area (Å²) in [6, 6.07) is 3.80. The van der Waals surface area contributed by atoms with Gasteiger partial charge in [-0.25, -0.2) is 4.79 Å². The van der Waals surface area contributed by atoms with Gasteiger partial charge >= 0.3 is 5.97 Å². The highest BCUT2D eigenvalue weighted by molar-refractivity contribution is 7.19. The highest BCUT2D eigenvalue weighted by Gasteiger charge is 2.26. The largest absolute Gasteiger partial charge is 0.477 e. The molecule has 0 unspecified atom stereocenters. The third kappa shape index (κ3) is 1.14. The SMILES string of the molecule is O=C(O)c1cc2sc(C3CC3)cc2[nH]1. The van der Waals surface area contributed by atoms with Crippen LogP contribution in [0.5, 0.6) is 0 Å². The van der Waals surface area contributed by atoms with E-state index < -0.39 is 5.97 Å². The Bertz CT molecular complexity index is 476. The molecule has 72 valence electrons. The Morgan fingerprint density at radius 1 is 1.50 bits per heavy atom. The van der Waals surface area contributed by atoms with Gasteiger partial charge in [-0.3, -0.25) is 0 Å². The van der Waals surface area contributed by atoms with Crippen molar-refractivity contribution in [2.75, 3.05) is 0 Å². The van der Waals surface area contributed by atoms with Crippen LogP contribution in [0, 0.1) is 0 Å². The number of nitrogens with one attached hydrogen (secondary N) is 1. The molecule has 0 radical (unpaired) electrons. The van der Waals surface area contributed by atoms with Gasteiger partial charge in [0.1, 0.15) is 5.69 Å². The molecule has 0 atom stereocenters. The second-order valence-corrected chi connectivity index (χ2v) is 4.80. The van der Waals surface area contributed by atoms with E-state index in [-0.39, 0.29) is 5.69 Å². The maximum Gasteiger partial charge on any atom is 0.352 e. The second kappa shape index (κ2) is 2.60. The van der Waals surface area contributed by atoms with Gasteiger partial charge in [-0.15, -0.1) is 11.3 Å². The standard InChI is InChI=1S/C10H9NO2S/c12-10(13)7-4-9-6(11-7)3-8(14-9)5-1-2-5/h3-5,11H,1-2H2,(H,12,13). The molecule has 1 fully saturated rings. The van der Waals surface area contributed by atoms with Gasteiger partial charge in [0.2, 0.25) is 0 Å². The minimum atomic E-state index is -0.888. The first kappa shape index (κ1) is 8.05. The average molecular weight is 207 g/mol. The van der Waals surface area contributed by atoms with Gasteiger partial charge in [0.15, 0.2) is 0 Å². The number of rotatable bonds is 2. The smallest absolute Gasteiger partial charge is 0.352 e. The molecule has 0 bridgehead atoms. The first-order valence-corrected chi connectivity index (χ1v) is 5.41. The number of carboxylic acid groups (broad SMARTS) is 1. The fourth-order valence-corrected chi connectivity index (χ4v) is 2.86. The van der Waals surface area contributed by atoms with Crippen LogP contribution in [0.15, 0.2) is 12.1 Å². The fourth-order valence-electron chi connectivity index (χ4n) is 1.63. The minimum absolute atomic E-state index is 0.286. The molecule has 0 spiro atoms. The van der Waals surface area contributed by atoms with Crippen molar-refractivity contribution < 1.29 is 9.90 Å². The number of hydrogen-bond acceptors (Lipinski definition) is 2. The Hall–Kier alpha value is -1.29. The molecule has 14 heavy (non-hydrogen) atoms. The Kier molecular flexibility index (Phi) is 1.50. The molecule has 2 N–H and O–H groups in total. The minimum Gasteiger partial charge on any atom is -0.477 e. The van der Waals surface area contributed by atoms with Crippen LogP contribution in [0.2, 0.25) is 0 Å². The zero-order valence-corrected chi connectivity index (χ0v) is 8.23. The lowest BCUT2D eigenvalue weighted by molar-refractivity contribution is 0.0691. The predicted octanol–water partition coefficient (Wildman–Crippen LogP) is 2.81. The first-order chi connectivity index (χ1) is 6.74. The molecule has 0 saturated heterocycles. The summed E-state index contributed by atoms with van der Waals surface area (Å²) in [7, 11) is 0. The zero-order chi connectivity index (χ0) is 9.71. The lowest BCUT2D eigenvalue weighted by atomic mass is 10.3. The lowest BCUT2D eigenvalue weighted by Crippen LogP contribution is -1.94. The average Bonchev–Trinajstić information content (AvgIpc) is 2.76. The Morgan fingerprint density at radius 2 is 2.29 bits per heavy atom. The third-order valence-electron chi connectivity index (χ3n) is 2.53. The molecule has 1 saturated carbocycles. The van der Waals surface area contributed by atoms with Crippen molar-refractivity contribution >= 4 is 27.5 Å². The number of hydrogen-bond donors (Lipinski definition) is 2. The number of H-pyrrole nitrogens is 1. The van der Waals surface area contributed by atoms with E-state index in [0.29, 0.717) is 0 Å². The van der Waals surface area contributed by atoms with Crippen molar-refractivity contribution in [2.45, 2.75) is 18.8 Å². The topological polar surface area (TPSA) is 53.1 Å². The first-order valence-electron chi connectivity index (χ1n) is 4.60. The second-order valence-electron chi connectivity index (χ2n) is 3.69. The number of fused-ring (bicyclic) bond motifs is 1. The van der Waals surface area contributed by atoms with Gasteiger partial charge in [0, 0.05) is 4.88 Å². The molecular weight excluding hydrogens is 198 g/mol. The maximum absolute atomic E-state index is 10.7. The summed E-state index contributed by atoms with van der Waals surface area (Å²) in [4.78, 5) is 15.0. The van der Waals surface area contributed by atoms with Crippen LogP contribution >= 0.6 is 11.3 Å². The maximum atomic E-state index is 10.7. The summed E-state index contributed by atoms with van der Waals surface area (Å²) < 4.78 is 1.06. The van der Waals surface area contributed by atoms with Gasteiger partial charge in [-0.1, -0.05) is 0 Å². The molecule has 4 heteroatoms. The normalized spacial score (nSPS) is 16.3. The van der Waals surface area contributed by atoms with Gasteiger partial charge < -0.3 is 10.1 Å². The van der Waals surface area contributed by atoms with E-state index in [4.69, 9.17) is 5.11 Å². The fraction of sp³-hybridized carbons (Fsp3) is 0.300. The summed E-state index contributed by atoms with van der Waals surface area (Å²) in [6.45, 7) is 0. The van der Waals surface area contributed by atoms with E-state index >= 15 is 0 Å². The van der Waals surface area contributed by atoms with Crippen molar-refractivity contribution in [1.29, 1.82) is 0 Å². The third-order valence-corrected chi connectivity index (χ3v) is 3.78. The highest BCUT2D eigenvalue weighted by Crippen LogP contribution is 2.44. The van der Waals surface area contributed by atoms with Crippen LogP contribution in [0.3, 0.4) is 0 Å². The molecule has 1 aliphatic carbocycles. The van der Waals surface area contributed by atoms with Crippen molar-refractivity contribution in [3.05, 3.63) is 22.7 Å². The summed E-state index contributed by atoms with van der Waals surface area (Å²) in [6.07, 6.45) is 2.57. The predicted molar refractivity (Wildman–Crippen MR) is 55.1 cm³/mol. The van der Waals surface area contributed by atoms with E-state index in [1.165, 1.54) is 17.7 Å². The molecule has 0 amide bonds. The summed E-state index contributed by atoms with van der Waals surface area (Å²) in [5, 5.41) is 8.77. The number of carbonyl (C=O) groups is 1. The molecule has 3 rings (SSSR count). The summed E-state index contributed by atoms with van der Waals surface area (Å²) in [5.74, 6) is -0.143. The van der Waals surface area contributed by atoms with E-state index in [2.05, 4.69) is 11.1 Å². The van der Waals surface area contributed by atoms with Gasteiger partial charge in [0.25, 0.3) is 0 Å². The van der Waals surface area contributed by atoms with Gasteiger partial charge in [-0.05, 0) is 30.9 Å². The summed E-state index contributed by atoms with van der Waals surface area (Å²) >= 11 is 1.71. The van der Waals surface area contributed by atoms with Crippen molar-refractivity contribution in [2.24, 2.45) is 0 Å². The van der Waals surface area contributed by atoms with Crippen LogP contribution in [0.4, 0.5) is 0 Å². The van der Waals surface area contributed by atoms with Crippen LogP contribution in [-0.2, 0) is 0 Å². The van der Waals surface area contributed by atoms with Crippen LogP contribution < -0.4 is 0 Å². The van der Waals surface area contributed by atoms with Crippen LogP contribution in [-0.4, -0.2) is 16.1 Å². The molecule has 3 nitrogen and oxygen atoms in total. The number of aromatic carboxylic acids is 1. The molecule has 2 aromatic heterocycles. The molecule has 0 aromatic carbocycles. The molecule has 0 aliphatic heterocycles. The lowest BCUT2D eigenvalue weighted by Gasteiger charge is -1.87. The van der Waals surface area contributed by atoms with Crippen LogP contribution in [0.1, 0.15) is 34.1 Å². The van der Waals surface area contributed by atoms with Crippen molar-refractivity contribution in [1.82, 2.24) is 4.98 Å². The number of thiophene rings is 1. The number of aromatic amines is 1. The van der Waals surface area contributed by atoms with E-state index in [1.807, 2.05) is 0 Å². The van der Waals surface area contributed by atoms with E-state index in [1.54, 1.807) is 17.4 Å². The van der Waals surface area contributed by atoms with Crippen molar-refractivity contribution in [3.63, 3.8) is 0 Å². The zero-order valence-electron chi connectivity index (χ0n) is 7.41. The Labute approximate surface area is 84.4 Å². The van der Waals surface area contributed by atoms with Gasteiger partial charge in [-0.2, -0.15) is 0 Å². The van der Waals surface area contributed by atoms with E-state index in [0.717, 1.165) is 16.1 Å². The quantitative estimate of drug-likeness (QED) is 0.795. The Balaban J connectivity index is 2.09. The van der Waals surface area contributed by atoms with E-state index in [9.17, 15) is 4.79 Å². The summed E-state index contributed by atoms with van der Waals surface area (Å²) in [5.41, 5.74) is 1.25. The molecule has 2 heterocycles. The highest BCUT2D eigenvalue weighted by atomic mass is 32.1.